The Kier molecular flexibility index (Phi) is 8.20. The van der Waals surface area contributed by atoms with Gasteiger partial charge in [0, 0.05) is 38.1 Å². The maximum atomic E-state index is 12.9. The summed E-state index contributed by atoms with van der Waals surface area (Å²) < 4.78 is 0. The molecule has 31 heavy (non-hydrogen) atoms. The van der Waals surface area contributed by atoms with Crippen LogP contribution in [0.2, 0.25) is 0 Å². The van der Waals surface area contributed by atoms with E-state index in [1.165, 1.54) is 0 Å². The van der Waals surface area contributed by atoms with Crippen molar-refractivity contribution in [2.24, 2.45) is 5.41 Å². The van der Waals surface area contributed by atoms with Crippen molar-refractivity contribution in [3.63, 3.8) is 0 Å². The van der Waals surface area contributed by atoms with Crippen molar-refractivity contribution in [3.8, 4) is 0 Å². The van der Waals surface area contributed by atoms with E-state index in [1.54, 1.807) is 0 Å². The first-order chi connectivity index (χ1) is 15.1. The Balaban J connectivity index is 1.56. The van der Waals surface area contributed by atoms with E-state index in [1.807, 2.05) is 60.7 Å². The van der Waals surface area contributed by atoms with Crippen molar-refractivity contribution in [3.05, 3.63) is 71.8 Å². The zero-order chi connectivity index (χ0) is 22.1. The van der Waals surface area contributed by atoms with Gasteiger partial charge in [-0.25, -0.2) is 0 Å². The summed E-state index contributed by atoms with van der Waals surface area (Å²) in [7, 11) is 0. The van der Waals surface area contributed by atoms with E-state index in [2.05, 4.69) is 10.6 Å². The SMILES string of the molecule is O=C(NCC(CCO)c1ccccc1)C1(C(=O)NCC(CCO)c2ccccc2)CC1. The first-order valence-corrected chi connectivity index (χ1v) is 11.0. The lowest BCUT2D eigenvalue weighted by Crippen LogP contribution is -2.45. The van der Waals surface area contributed by atoms with Gasteiger partial charge in [0.1, 0.15) is 5.41 Å². The Morgan fingerprint density at radius 1 is 0.742 bits per heavy atom. The van der Waals surface area contributed by atoms with Crippen LogP contribution < -0.4 is 10.6 Å². The lowest BCUT2D eigenvalue weighted by Gasteiger charge is -2.22. The van der Waals surface area contributed by atoms with Crippen molar-refractivity contribution in [2.45, 2.75) is 37.5 Å². The molecule has 0 bridgehead atoms. The van der Waals surface area contributed by atoms with E-state index in [4.69, 9.17) is 0 Å². The molecule has 0 aromatic heterocycles. The van der Waals surface area contributed by atoms with Gasteiger partial charge in [0.25, 0.3) is 0 Å². The highest BCUT2D eigenvalue weighted by Gasteiger charge is 2.56. The second kappa shape index (κ2) is 11.1. The van der Waals surface area contributed by atoms with Crippen LogP contribution in [0.1, 0.15) is 48.6 Å². The summed E-state index contributed by atoms with van der Waals surface area (Å²) in [5.74, 6) is -0.494. The molecule has 2 amide bonds. The van der Waals surface area contributed by atoms with Crippen LogP contribution in [0.3, 0.4) is 0 Å². The summed E-state index contributed by atoms with van der Waals surface area (Å²) in [6.45, 7) is 0.838. The molecule has 3 rings (SSSR count). The summed E-state index contributed by atoms with van der Waals surface area (Å²) in [6, 6.07) is 19.5. The maximum absolute atomic E-state index is 12.9. The molecule has 1 aliphatic carbocycles. The minimum atomic E-state index is -0.999. The summed E-state index contributed by atoms with van der Waals surface area (Å²) in [5.41, 5.74) is 1.11. The highest BCUT2D eigenvalue weighted by atomic mass is 16.3. The zero-order valence-electron chi connectivity index (χ0n) is 17.8. The van der Waals surface area contributed by atoms with Gasteiger partial charge in [-0.15, -0.1) is 0 Å². The number of rotatable bonds is 12. The predicted molar refractivity (Wildman–Crippen MR) is 119 cm³/mol. The Bertz CT molecular complexity index is 770. The molecular formula is C25H32N2O4. The molecule has 4 N–H and O–H groups in total. The van der Waals surface area contributed by atoms with Gasteiger partial charge >= 0.3 is 0 Å². The summed E-state index contributed by atoms with van der Waals surface area (Å²) >= 11 is 0. The molecule has 1 aliphatic rings. The van der Waals surface area contributed by atoms with Gasteiger partial charge < -0.3 is 20.8 Å². The molecule has 2 unspecified atom stereocenters. The van der Waals surface area contributed by atoms with Crippen LogP contribution in [0.25, 0.3) is 0 Å². The normalized spacial score (nSPS) is 16.2. The molecule has 6 nitrogen and oxygen atoms in total. The Hall–Kier alpha value is -2.70. The van der Waals surface area contributed by atoms with Crippen LogP contribution in [0.5, 0.6) is 0 Å². The molecule has 0 radical (unpaired) electrons. The molecule has 1 saturated carbocycles. The highest BCUT2D eigenvalue weighted by molar-refractivity contribution is 6.07. The average Bonchev–Trinajstić information content (AvgIpc) is 3.62. The molecule has 2 aromatic rings. The quantitative estimate of drug-likeness (QED) is 0.393. The molecule has 2 atom stereocenters. The van der Waals surface area contributed by atoms with Gasteiger partial charge in [0.05, 0.1) is 0 Å². The fourth-order valence-corrected chi connectivity index (χ4v) is 3.99. The minimum absolute atomic E-state index is 0.000950. The molecule has 2 aromatic carbocycles. The van der Waals surface area contributed by atoms with Gasteiger partial charge in [0.15, 0.2) is 0 Å². The fraction of sp³-hybridized carbons (Fsp3) is 0.440. The molecule has 0 heterocycles. The number of aliphatic hydroxyl groups excluding tert-OH is 2. The van der Waals surface area contributed by atoms with Gasteiger partial charge in [0.2, 0.25) is 11.8 Å². The van der Waals surface area contributed by atoms with Crippen LogP contribution in [-0.2, 0) is 9.59 Å². The van der Waals surface area contributed by atoms with Crippen LogP contribution in [0, 0.1) is 5.41 Å². The summed E-state index contributed by atoms with van der Waals surface area (Å²) in [6.07, 6.45) is 2.17. The number of hydrogen-bond acceptors (Lipinski definition) is 4. The summed E-state index contributed by atoms with van der Waals surface area (Å²) in [5, 5.41) is 24.7. The number of carbonyl (C=O) groups is 2. The average molecular weight is 425 g/mol. The van der Waals surface area contributed by atoms with E-state index in [0.717, 1.165) is 11.1 Å². The number of amides is 2. The third-order valence-electron chi connectivity index (χ3n) is 6.13. The minimum Gasteiger partial charge on any atom is -0.396 e. The van der Waals surface area contributed by atoms with Crippen molar-refractivity contribution in [1.82, 2.24) is 10.6 Å². The topological polar surface area (TPSA) is 98.7 Å². The van der Waals surface area contributed by atoms with Gasteiger partial charge in [-0.05, 0) is 36.8 Å². The number of benzene rings is 2. The Labute approximate surface area is 183 Å². The fourth-order valence-electron chi connectivity index (χ4n) is 3.99. The highest BCUT2D eigenvalue weighted by Crippen LogP contribution is 2.46. The Morgan fingerprint density at radius 3 is 1.45 bits per heavy atom. The third kappa shape index (κ3) is 5.93. The third-order valence-corrected chi connectivity index (χ3v) is 6.13. The van der Waals surface area contributed by atoms with Crippen molar-refractivity contribution in [2.75, 3.05) is 26.3 Å². The van der Waals surface area contributed by atoms with E-state index >= 15 is 0 Å². The van der Waals surface area contributed by atoms with Crippen molar-refractivity contribution < 1.29 is 19.8 Å². The number of aliphatic hydroxyl groups is 2. The van der Waals surface area contributed by atoms with Crippen molar-refractivity contribution in [1.29, 1.82) is 0 Å². The van der Waals surface area contributed by atoms with Crippen molar-refractivity contribution >= 4 is 11.8 Å². The standard InChI is InChI=1S/C25H32N2O4/c28-15-11-21(19-7-3-1-4-8-19)17-26-23(30)25(13-14-25)24(31)27-18-22(12-16-29)20-9-5-2-6-10-20/h1-10,21-22,28-29H,11-18H2,(H,26,30)(H,27,31). The van der Waals surface area contributed by atoms with E-state index in [-0.39, 0.29) is 36.9 Å². The lowest BCUT2D eigenvalue weighted by molar-refractivity contribution is -0.137. The molecule has 1 fully saturated rings. The van der Waals surface area contributed by atoms with Crippen LogP contribution >= 0.6 is 0 Å². The van der Waals surface area contributed by atoms with E-state index in [9.17, 15) is 19.8 Å². The first kappa shape index (κ1) is 23.0. The number of hydrogen-bond donors (Lipinski definition) is 4. The first-order valence-electron chi connectivity index (χ1n) is 11.0. The van der Waals surface area contributed by atoms with E-state index in [0.29, 0.717) is 38.8 Å². The number of carbonyl (C=O) groups excluding carboxylic acids is 2. The molecule has 166 valence electrons. The second-order valence-electron chi connectivity index (χ2n) is 8.24. The number of nitrogens with one attached hydrogen (secondary N) is 2. The maximum Gasteiger partial charge on any atom is 0.235 e. The molecule has 0 aliphatic heterocycles. The second-order valence-corrected chi connectivity index (χ2v) is 8.24. The molecule has 0 saturated heterocycles. The summed E-state index contributed by atoms with van der Waals surface area (Å²) in [4.78, 5) is 25.7. The molecule has 6 heteroatoms. The largest absolute Gasteiger partial charge is 0.396 e. The van der Waals surface area contributed by atoms with Gasteiger partial charge in [-0.2, -0.15) is 0 Å². The van der Waals surface area contributed by atoms with Crippen LogP contribution in [-0.4, -0.2) is 48.3 Å². The van der Waals surface area contributed by atoms with E-state index < -0.39 is 5.41 Å². The lowest BCUT2D eigenvalue weighted by atomic mass is 9.94. The van der Waals surface area contributed by atoms with Gasteiger partial charge in [-0.1, -0.05) is 60.7 Å². The van der Waals surface area contributed by atoms with Crippen LogP contribution in [0.15, 0.2) is 60.7 Å². The molecule has 0 spiro atoms. The zero-order valence-corrected chi connectivity index (χ0v) is 17.8. The Morgan fingerprint density at radius 2 is 1.13 bits per heavy atom. The predicted octanol–water partition coefficient (Wildman–Crippen LogP) is 2.33. The molecular weight excluding hydrogens is 392 g/mol. The smallest absolute Gasteiger partial charge is 0.235 e. The van der Waals surface area contributed by atoms with Gasteiger partial charge in [-0.3, -0.25) is 9.59 Å². The monoisotopic (exact) mass is 424 g/mol. The van der Waals surface area contributed by atoms with Crippen LogP contribution in [0.4, 0.5) is 0 Å².